The van der Waals surface area contributed by atoms with Gasteiger partial charge in [0, 0.05) is 17.8 Å². The number of methoxy groups -OCH3 is 2. The first-order chi connectivity index (χ1) is 10.0. The second kappa shape index (κ2) is 6.08. The molecule has 0 amide bonds. The monoisotopic (exact) mass is 289 g/mol. The molecule has 2 aromatic rings. The van der Waals surface area contributed by atoms with Crippen LogP contribution in [-0.2, 0) is 0 Å². The zero-order chi connectivity index (χ0) is 15.4. The minimum Gasteiger partial charge on any atom is -0.493 e. The van der Waals surface area contributed by atoms with Crippen LogP contribution in [0.5, 0.6) is 11.5 Å². The fraction of sp³-hybridized carbons (Fsp3) is 0.214. The number of aryl methyl sites for hydroxylation is 1. The molecule has 21 heavy (non-hydrogen) atoms. The lowest BCUT2D eigenvalue weighted by Gasteiger charge is -2.13. The summed E-state index contributed by atoms with van der Waals surface area (Å²) in [6.45, 7) is 1.91. The van der Waals surface area contributed by atoms with Crippen molar-refractivity contribution in [3.63, 3.8) is 0 Å². The Bertz CT molecular complexity index is 656. The standard InChI is InChI=1S/C14H15N3O4/c1-9-6-12(20-2)13(21-3)7-11(9)16-14-5-4-10(8-15-14)17(18)19/h4-8H,1-3H3,(H,15,16). The van der Waals surface area contributed by atoms with Gasteiger partial charge >= 0.3 is 0 Å². The number of hydrogen-bond donors (Lipinski definition) is 1. The van der Waals surface area contributed by atoms with Crippen molar-refractivity contribution in [1.29, 1.82) is 0 Å². The Morgan fingerprint density at radius 2 is 1.86 bits per heavy atom. The summed E-state index contributed by atoms with van der Waals surface area (Å²) >= 11 is 0. The van der Waals surface area contributed by atoms with E-state index in [-0.39, 0.29) is 5.69 Å². The number of rotatable bonds is 5. The maximum absolute atomic E-state index is 10.6. The fourth-order valence-electron chi connectivity index (χ4n) is 1.82. The summed E-state index contributed by atoms with van der Waals surface area (Å²) in [5, 5.41) is 13.7. The molecule has 0 radical (unpaired) electrons. The molecule has 7 heteroatoms. The summed E-state index contributed by atoms with van der Waals surface area (Å²) in [6.07, 6.45) is 1.21. The lowest BCUT2D eigenvalue weighted by Crippen LogP contribution is -1.99. The van der Waals surface area contributed by atoms with E-state index < -0.39 is 4.92 Å². The largest absolute Gasteiger partial charge is 0.493 e. The number of nitro groups is 1. The van der Waals surface area contributed by atoms with E-state index in [0.29, 0.717) is 17.3 Å². The van der Waals surface area contributed by atoms with Gasteiger partial charge in [0.25, 0.3) is 5.69 Å². The molecule has 0 unspecified atom stereocenters. The van der Waals surface area contributed by atoms with E-state index in [0.717, 1.165) is 11.3 Å². The van der Waals surface area contributed by atoms with Crippen LogP contribution in [0.3, 0.4) is 0 Å². The van der Waals surface area contributed by atoms with Gasteiger partial charge in [0.05, 0.1) is 19.1 Å². The predicted octanol–water partition coefficient (Wildman–Crippen LogP) is 3.06. The first kappa shape index (κ1) is 14.6. The normalized spacial score (nSPS) is 10.0. The number of hydrogen-bond acceptors (Lipinski definition) is 6. The number of ether oxygens (including phenoxy) is 2. The maximum atomic E-state index is 10.6. The van der Waals surface area contributed by atoms with E-state index in [9.17, 15) is 10.1 Å². The zero-order valence-electron chi connectivity index (χ0n) is 11.9. The van der Waals surface area contributed by atoms with Gasteiger partial charge in [-0.25, -0.2) is 4.98 Å². The molecule has 0 bridgehead atoms. The van der Waals surface area contributed by atoms with Crippen LogP contribution in [0.1, 0.15) is 5.56 Å². The highest BCUT2D eigenvalue weighted by molar-refractivity contribution is 5.66. The predicted molar refractivity (Wildman–Crippen MR) is 78.5 cm³/mol. The summed E-state index contributed by atoms with van der Waals surface area (Å²) in [4.78, 5) is 14.1. The van der Waals surface area contributed by atoms with E-state index >= 15 is 0 Å². The molecule has 1 heterocycles. The lowest BCUT2D eigenvalue weighted by atomic mass is 10.1. The van der Waals surface area contributed by atoms with Crippen molar-refractivity contribution >= 4 is 17.2 Å². The van der Waals surface area contributed by atoms with Crippen molar-refractivity contribution in [2.75, 3.05) is 19.5 Å². The van der Waals surface area contributed by atoms with Gasteiger partial charge in [0.15, 0.2) is 11.5 Å². The quantitative estimate of drug-likeness (QED) is 0.672. The van der Waals surface area contributed by atoms with E-state index in [4.69, 9.17) is 9.47 Å². The highest BCUT2D eigenvalue weighted by Gasteiger charge is 2.10. The second-order valence-electron chi connectivity index (χ2n) is 4.31. The first-order valence-electron chi connectivity index (χ1n) is 6.15. The smallest absolute Gasteiger partial charge is 0.287 e. The molecule has 0 saturated carbocycles. The fourth-order valence-corrected chi connectivity index (χ4v) is 1.82. The van der Waals surface area contributed by atoms with Crippen LogP contribution in [0.15, 0.2) is 30.5 Å². The Kier molecular flexibility index (Phi) is 4.22. The molecule has 0 fully saturated rings. The van der Waals surface area contributed by atoms with Gasteiger partial charge in [-0.3, -0.25) is 10.1 Å². The van der Waals surface area contributed by atoms with Gasteiger partial charge < -0.3 is 14.8 Å². The summed E-state index contributed by atoms with van der Waals surface area (Å²) in [7, 11) is 3.13. The summed E-state index contributed by atoms with van der Waals surface area (Å²) in [5.41, 5.74) is 1.67. The third-order valence-corrected chi connectivity index (χ3v) is 2.95. The average Bonchev–Trinajstić information content (AvgIpc) is 2.49. The molecule has 0 aliphatic rings. The van der Waals surface area contributed by atoms with Crippen LogP contribution in [0.2, 0.25) is 0 Å². The van der Waals surface area contributed by atoms with E-state index in [1.54, 1.807) is 26.4 Å². The van der Waals surface area contributed by atoms with Crippen molar-refractivity contribution < 1.29 is 14.4 Å². The number of pyridine rings is 1. The SMILES string of the molecule is COc1cc(C)c(Nc2ccc([N+](=O)[O-])cn2)cc1OC. The molecule has 2 rings (SSSR count). The Balaban J connectivity index is 2.28. The number of nitrogens with one attached hydrogen (secondary N) is 1. The van der Waals surface area contributed by atoms with Crippen molar-refractivity contribution in [1.82, 2.24) is 4.98 Å². The van der Waals surface area contributed by atoms with Crippen molar-refractivity contribution in [2.24, 2.45) is 0 Å². The molecular formula is C14H15N3O4. The van der Waals surface area contributed by atoms with Crippen LogP contribution >= 0.6 is 0 Å². The third-order valence-electron chi connectivity index (χ3n) is 2.95. The molecular weight excluding hydrogens is 274 g/mol. The Labute approximate surface area is 121 Å². The van der Waals surface area contributed by atoms with Crippen LogP contribution in [-0.4, -0.2) is 24.1 Å². The Hall–Kier alpha value is -2.83. The number of anilines is 2. The Morgan fingerprint density at radius 1 is 1.19 bits per heavy atom. The molecule has 1 aromatic carbocycles. The molecule has 7 nitrogen and oxygen atoms in total. The van der Waals surface area contributed by atoms with Gasteiger partial charge in [-0.05, 0) is 24.6 Å². The zero-order valence-corrected chi connectivity index (χ0v) is 11.9. The molecule has 110 valence electrons. The van der Waals surface area contributed by atoms with Crippen LogP contribution in [0.4, 0.5) is 17.2 Å². The van der Waals surface area contributed by atoms with Crippen LogP contribution in [0.25, 0.3) is 0 Å². The van der Waals surface area contributed by atoms with Crippen LogP contribution < -0.4 is 14.8 Å². The van der Waals surface area contributed by atoms with Crippen molar-refractivity contribution in [3.8, 4) is 11.5 Å². The number of nitrogens with zero attached hydrogens (tertiary/aromatic N) is 2. The number of benzene rings is 1. The lowest BCUT2D eigenvalue weighted by molar-refractivity contribution is -0.385. The molecule has 1 N–H and O–H groups in total. The van der Waals surface area contributed by atoms with E-state index in [1.807, 2.05) is 13.0 Å². The minimum atomic E-state index is -0.488. The molecule has 0 spiro atoms. The molecule has 1 aromatic heterocycles. The van der Waals surface area contributed by atoms with Crippen molar-refractivity contribution in [2.45, 2.75) is 6.92 Å². The molecule has 0 atom stereocenters. The van der Waals surface area contributed by atoms with Gasteiger partial charge in [-0.1, -0.05) is 0 Å². The van der Waals surface area contributed by atoms with Gasteiger partial charge in [0.2, 0.25) is 0 Å². The third kappa shape index (κ3) is 3.19. The molecule has 0 aliphatic heterocycles. The first-order valence-corrected chi connectivity index (χ1v) is 6.15. The van der Waals surface area contributed by atoms with Gasteiger partial charge in [0.1, 0.15) is 12.0 Å². The topological polar surface area (TPSA) is 86.5 Å². The molecule has 0 saturated heterocycles. The Morgan fingerprint density at radius 3 is 2.38 bits per heavy atom. The van der Waals surface area contributed by atoms with Crippen molar-refractivity contribution in [3.05, 3.63) is 46.1 Å². The average molecular weight is 289 g/mol. The summed E-state index contributed by atoms with van der Waals surface area (Å²) < 4.78 is 10.5. The van der Waals surface area contributed by atoms with Gasteiger partial charge in [-0.2, -0.15) is 0 Å². The van der Waals surface area contributed by atoms with E-state index in [1.165, 1.54) is 12.3 Å². The summed E-state index contributed by atoms with van der Waals surface area (Å²) in [5.74, 6) is 1.74. The maximum Gasteiger partial charge on any atom is 0.287 e. The van der Waals surface area contributed by atoms with Gasteiger partial charge in [-0.15, -0.1) is 0 Å². The summed E-state index contributed by atoms with van der Waals surface area (Å²) in [6, 6.07) is 6.57. The molecule has 0 aliphatic carbocycles. The van der Waals surface area contributed by atoms with Crippen LogP contribution in [0, 0.1) is 17.0 Å². The number of aromatic nitrogens is 1. The second-order valence-corrected chi connectivity index (χ2v) is 4.31. The minimum absolute atomic E-state index is 0.0513. The highest BCUT2D eigenvalue weighted by atomic mass is 16.6. The van der Waals surface area contributed by atoms with E-state index in [2.05, 4.69) is 10.3 Å². The highest BCUT2D eigenvalue weighted by Crippen LogP contribution is 2.34.